The molecular formula is C15H18ClN3O3. The lowest BCUT2D eigenvalue weighted by molar-refractivity contribution is -0.0430. The van der Waals surface area contributed by atoms with Crippen LogP contribution in [-0.4, -0.2) is 34.1 Å². The van der Waals surface area contributed by atoms with Gasteiger partial charge in [-0.3, -0.25) is 4.68 Å². The molecule has 6 nitrogen and oxygen atoms in total. The maximum absolute atomic E-state index is 11.7. The number of aromatic nitrogens is 2. The Morgan fingerprint density at radius 1 is 1.41 bits per heavy atom. The van der Waals surface area contributed by atoms with Crippen molar-refractivity contribution in [2.45, 2.75) is 20.4 Å². The van der Waals surface area contributed by atoms with Crippen LogP contribution in [0.5, 0.6) is 5.75 Å². The van der Waals surface area contributed by atoms with E-state index in [1.54, 1.807) is 36.9 Å². The van der Waals surface area contributed by atoms with E-state index in [-0.39, 0.29) is 6.61 Å². The molecule has 1 aromatic heterocycles. The van der Waals surface area contributed by atoms with Gasteiger partial charge >= 0.3 is 6.09 Å². The third kappa shape index (κ3) is 4.14. The van der Waals surface area contributed by atoms with Gasteiger partial charge in [0.2, 0.25) is 0 Å². The first kappa shape index (κ1) is 16.2. The average Bonchev–Trinajstić information content (AvgIpc) is 2.99. The summed E-state index contributed by atoms with van der Waals surface area (Å²) in [5, 5.41) is 5.69. The third-order valence-electron chi connectivity index (χ3n) is 2.87. The molecule has 0 radical (unpaired) electrons. The van der Waals surface area contributed by atoms with Crippen molar-refractivity contribution in [2.24, 2.45) is 0 Å². The molecule has 0 unspecified atom stereocenters. The number of hydrogen-bond donors (Lipinski definition) is 0. The molecule has 2 aromatic rings. The lowest BCUT2D eigenvalue weighted by Crippen LogP contribution is -2.34. The zero-order valence-corrected chi connectivity index (χ0v) is 13.3. The summed E-state index contributed by atoms with van der Waals surface area (Å²) < 4.78 is 6.70. The maximum Gasteiger partial charge on any atom is 0.443 e. The van der Waals surface area contributed by atoms with Gasteiger partial charge < -0.3 is 9.57 Å². The number of amides is 1. The monoisotopic (exact) mass is 323 g/mol. The topological polar surface area (TPSA) is 56.6 Å². The smallest absolute Gasteiger partial charge is 0.443 e. The normalized spacial score (nSPS) is 10.3. The second kappa shape index (κ2) is 7.70. The lowest BCUT2D eigenvalue weighted by atomic mass is 10.2. The number of ether oxygens (including phenoxy) is 1. The van der Waals surface area contributed by atoms with Gasteiger partial charge in [0.1, 0.15) is 0 Å². The highest BCUT2D eigenvalue weighted by molar-refractivity contribution is 6.32. The molecule has 118 valence electrons. The van der Waals surface area contributed by atoms with E-state index in [2.05, 4.69) is 5.10 Å². The van der Waals surface area contributed by atoms with Crippen LogP contribution in [0.1, 0.15) is 19.4 Å². The highest BCUT2D eigenvalue weighted by Crippen LogP contribution is 2.26. The molecule has 0 aliphatic carbocycles. The van der Waals surface area contributed by atoms with E-state index in [4.69, 9.17) is 21.2 Å². The van der Waals surface area contributed by atoms with Crippen LogP contribution < -0.4 is 4.84 Å². The molecule has 0 fully saturated rings. The summed E-state index contributed by atoms with van der Waals surface area (Å²) in [6, 6.07) is 7.25. The van der Waals surface area contributed by atoms with E-state index in [1.165, 1.54) is 0 Å². The molecule has 0 spiro atoms. The molecule has 2 rings (SSSR count). The van der Waals surface area contributed by atoms with Gasteiger partial charge in [0.25, 0.3) is 0 Å². The van der Waals surface area contributed by atoms with E-state index < -0.39 is 6.09 Å². The summed E-state index contributed by atoms with van der Waals surface area (Å²) in [6.07, 6.45) is 3.05. The molecule has 0 saturated carbocycles. The van der Waals surface area contributed by atoms with Crippen LogP contribution in [0.4, 0.5) is 4.79 Å². The Kier molecular flexibility index (Phi) is 5.66. The number of carbonyl (C=O) groups is 1. The first-order valence-electron chi connectivity index (χ1n) is 7.02. The molecule has 0 atom stereocenters. The SMILES string of the molecule is CCOC(=O)N(CC)Oc1ccc(Cn2cccn2)cc1Cl. The Bertz CT molecular complexity index is 617. The summed E-state index contributed by atoms with van der Waals surface area (Å²) in [5.74, 6) is 0.404. The number of hydrogen-bond acceptors (Lipinski definition) is 4. The van der Waals surface area contributed by atoms with Crippen LogP contribution in [0.2, 0.25) is 5.02 Å². The summed E-state index contributed by atoms with van der Waals surface area (Å²) in [4.78, 5) is 17.2. The second-order valence-corrected chi connectivity index (χ2v) is 4.86. The minimum Gasteiger partial charge on any atom is -0.448 e. The van der Waals surface area contributed by atoms with Crippen LogP contribution in [0.3, 0.4) is 0 Å². The summed E-state index contributed by atoms with van der Waals surface area (Å²) in [7, 11) is 0. The van der Waals surface area contributed by atoms with Crippen molar-refractivity contribution in [1.82, 2.24) is 14.8 Å². The Hall–Kier alpha value is -2.21. The molecule has 1 amide bonds. The van der Waals surface area contributed by atoms with Gasteiger partial charge in [-0.25, -0.2) is 4.79 Å². The predicted octanol–water partition coefficient (Wildman–Crippen LogP) is 3.36. The first-order valence-corrected chi connectivity index (χ1v) is 7.40. The maximum atomic E-state index is 11.7. The average molecular weight is 324 g/mol. The van der Waals surface area contributed by atoms with Gasteiger partial charge in [-0.2, -0.15) is 5.10 Å². The quantitative estimate of drug-likeness (QED) is 0.765. The van der Waals surface area contributed by atoms with Crippen molar-refractivity contribution in [2.75, 3.05) is 13.2 Å². The fourth-order valence-electron chi connectivity index (χ4n) is 1.84. The van der Waals surface area contributed by atoms with Crippen molar-refractivity contribution >= 4 is 17.7 Å². The molecule has 1 heterocycles. The standard InChI is InChI=1S/C15H18ClN3O3/c1-3-19(15(20)21-4-2)22-14-7-6-12(10-13(14)16)11-18-9-5-8-17-18/h5-10H,3-4,11H2,1-2H3. The first-order chi connectivity index (χ1) is 10.6. The van der Waals surface area contributed by atoms with Gasteiger partial charge in [-0.1, -0.05) is 17.7 Å². The van der Waals surface area contributed by atoms with E-state index in [9.17, 15) is 4.79 Å². The molecule has 0 bridgehead atoms. The Balaban J connectivity index is 2.07. The van der Waals surface area contributed by atoms with E-state index >= 15 is 0 Å². The highest BCUT2D eigenvalue weighted by Gasteiger charge is 2.16. The largest absolute Gasteiger partial charge is 0.448 e. The number of hydroxylamine groups is 2. The van der Waals surface area contributed by atoms with E-state index in [0.29, 0.717) is 23.9 Å². The second-order valence-electron chi connectivity index (χ2n) is 4.45. The molecule has 0 N–H and O–H groups in total. The van der Waals surface area contributed by atoms with Crippen molar-refractivity contribution < 1.29 is 14.4 Å². The molecule has 1 aromatic carbocycles. The third-order valence-corrected chi connectivity index (χ3v) is 3.16. The van der Waals surface area contributed by atoms with Gasteiger partial charge in [0.15, 0.2) is 5.75 Å². The Labute approximate surface area is 134 Å². The van der Waals surface area contributed by atoms with Crippen LogP contribution >= 0.6 is 11.6 Å². The van der Waals surface area contributed by atoms with Crippen LogP contribution in [0, 0.1) is 0 Å². The number of nitrogens with zero attached hydrogens (tertiary/aromatic N) is 3. The number of carbonyl (C=O) groups excluding carboxylic acids is 1. The molecule has 7 heteroatoms. The Morgan fingerprint density at radius 3 is 2.82 bits per heavy atom. The van der Waals surface area contributed by atoms with Gasteiger partial charge in [-0.15, -0.1) is 5.06 Å². The summed E-state index contributed by atoms with van der Waals surface area (Å²) >= 11 is 6.22. The van der Waals surface area contributed by atoms with Gasteiger partial charge in [0, 0.05) is 12.4 Å². The summed E-state index contributed by atoms with van der Waals surface area (Å²) in [6.45, 7) is 4.78. The van der Waals surface area contributed by atoms with Crippen LogP contribution in [0.15, 0.2) is 36.7 Å². The minimum absolute atomic E-state index is 0.287. The zero-order valence-electron chi connectivity index (χ0n) is 12.5. The fraction of sp³-hybridized carbons (Fsp3) is 0.333. The van der Waals surface area contributed by atoms with Crippen LogP contribution in [-0.2, 0) is 11.3 Å². The summed E-state index contributed by atoms with van der Waals surface area (Å²) in [5.41, 5.74) is 0.986. The number of halogens is 1. The minimum atomic E-state index is -0.540. The van der Waals surface area contributed by atoms with E-state index in [1.807, 2.05) is 18.3 Å². The van der Waals surface area contributed by atoms with Crippen molar-refractivity contribution in [3.8, 4) is 5.75 Å². The Morgan fingerprint density at radius 2 is 2.23 bits per heavy atom. The van der Waals surface area contributed by atoms with Gasteiger partial charge in [0.05, 0.1) is 24.7 Å². The predicted molar refractivity (Wildman–Crippen MR) is 82.8 cm³/mol. The zero-order chi connectivity index (χ0) is 15.9. The lowest BCUT2D eigenvalue weighted by Gasteiger charge is -2.20. The van der Waals surface area contributed by atoms with Crippen molar-refractivity contribution in [1.29, 1.82) is 0 Å². The molecular weight excluding hydrogens is 306 g/mol. The highest BCUT2D eigenvalue weighted by atomic mass is 35.5. The van der Waals surface area contributed by atoms with Crippen molar-refractivity contribution in [3.05, 3.63) is 47.2 Å². The molecule has 0 saturated heterocycles. The van der Waals surface area contributed by atoms with Gasteiger partial charge in [-0.05, 0) is 37.6 Å². The van der Waals surface area contributed by atoms with Crippen molar-refractivity contribution in [3.63, 3.8) is 0 Å². The molecule has 0 aliphatic heterocycles. The van der Waals surface area contributed by atoms with Crippen LogP contribution in [0.25, 0.3) is 0 Å². The molecule has 0 aliphatic rings. The molecule has 22 heavy (non-hydrogen) atoms. The number of benzene rings is 1. The number of rotatable bonds is 6. The van der Waals surface area contributed by atoms with E-state index in [0.717, 1.165) is 10.6 Å². The fourth-order valence-corrected chi connectivity index (χ4v) is 2.08.